The lowest BCUT2D eigenvalue weighted by atomic mass is 9.92. The van der Waals surface area contributed by atoms with Gasteiger partial charge in [-0.2, -0.15) is 0 Å². The van der Waals surface area contributed by atoms with E-state index in [-0.39, 0.29) is 0 Å². The number of quaternary nitrogens is 1. The molecule has 2 rings (SSSR count). The van der Waals surface area contributed by atoms with Crippen LogP contribution < -0.4 is 9.64 Å². The summed E-state index contributed by atoms with van der Waals surface area (Å²) in [4.78, 5) is 1.76. The molecule has 112 valence electrons. The van der Waals surface area contributed by atoms with Gasteiger partial charge in [0.15, 0.2) is 0 Å². The Morgan fingerprint density at radius 2 is 1.95 bits per heavy atom. The van der Waals surface area contributed by atoms with Crippen LogP contribution in [0, 0.1) is 18.8 Å². The van der Waals surface area contributed by atoms with Crippen molar-refractivity contribution in [3.63, 3.8) is 0 Å². The zero-order valence-corrected chi connectivity index (χ0v) is 14.5. The van der Waals surface area contributed by atoms with Gasteiger partial charge in [-0.15, -0.1) is 0 Å². The van der Waals surface area contributed by atoms with E-state index in [2.05, 4.69) is 48.8 Å². The summed E-state index contributed by atoms with van der Waals surface area (Å²) in [7, 11) is 0. The fourth-order valence-corrected chi connectivity index (χ4v) is 3.88. The molecule has 1 fully saturated rings. The first-order chi connectivity index (χ1) is 9.54. The standard InChI is InChI=1S/C17H26BrNO/c1-13-9-14(2)12-19(11-13)7-4-8-20-17-6-5-16(18)10-15(17)3/h5-6,10,13-14H,4,7-9,11-12H2,1-3H3/p+1/t13-,14+. The zero-order valence-electron chi connectivity index (χ0n) is 12.9. The minimum Gasteiger partial charge on any atom is -0.493 e. The molecule has 1 N–H and O–H groups in total. The first-order valence-corrected chi connectivity index (χ1v) is 8.56. The molecule has 1 saturated heterocycles. The van der Waals surface area contributed by atoms with Gasteiger partial charge in [0.1, 0.15) is 5.75 Å². The molecule has 1 aliphatic rings. The van der Waals surface area contributed by atoms with Crippen molar-refractivity contribution in [3.8, 4) is 5.75 Å². The van der Waals surface area contributed by atoms with Gasteiger partial charge in [-0.3, -0.25) is 0 Å². The number of rotatable bonds is 5. The van der Waals surface area contributed by atoms with Crippen molar-refractivity contribution in [1.29, 1.82) is 0 Å². The molecule has 0 aliphatic carbocycles. The summed E-state index contributed by atoms with van der Waals surface area (Å²) in [6.07, 6.45) is 2.54. The van der Waals surface area contributed by atoms with Crippen LogP contribution >= 0.6 is 15.9 Å². The minimum atomic E-state index is 0.828. The van der Waals surface area contributed by atoms with E-state index in [1.54, 1.807) is 4.90 Å². The van der Waals surface area contributed by atoms with Crippen molar-refractivity contribution in [1.82, 2.24) is 0 Å². The summed E-state index contributed by atoms with van der Waals surface area (Å²) >= 11 is 3.48. The smallest absolute Gasteiger partial charge is 0.122 e. The van der Waals surface area contributed by atoms with Gasteiger partial charge < -0.3 is 9.64 Å². The molecule has 0 saturated carbocycles. The van der Waals surface area contributed by atoms with Gasteiger partial charge in [0.2, 0.25) is 0 Å². The first kappa shape index (κ1) is 15.8. The topological polar surface area (TPSA) is 13.7 Å². The monoisotopic (exact) mass is 340 g/mol. The maximum Gasteiger partial charge on any atom is 0.122 e. The van der Waals surface area contributed by atoms with E-state index in [0.717, 1.165) is 35.1 Å². The third kappa shape index (κ3) is 4.78. The summed E-state index contributed by atoms with van der Waals surface area (Å²) in [5.74, 6) is 2.77. The zero-order chi connectivity index (χ0) is 14.5. The number of hydrogen-bond donors (Lipinski definition) is 1. The van der Waals surface area contributed by atoms with Gasteiger partial charge in [-0.25, -0.2) is 0 Å². The van der Waals surface area contributed by atoms with Crippen LogP contribution in [-0.2, 0) is 0 Å². The number of benzene rings is 1. The van der Waals surface area contributed by atoms with E-state index >= 15 is 0 Å². The molecule has 1 aromatic rings. The molecule has 3 heteroatoms. The second kappa shape index (κ2) is 7.46. The molecule has 1 heterocycles. The number of hydrogen-bond acceptors (Lipinski definition) is 1. The lowest BCUT2D eigenvalue weighted by Gasteiger charge is -2.32. The van der Waals surface area contributed by atoms with Crippen LogP contribution in [0.1, 0.15) is 32.3 Å². The van der Waals surface area contributed by atoms with Crippen LogP contribution in [0.5, 0.6) is 5.75 Å². The highest BCUT2D eigenvalue weighted by atomic mass is 79.9. The third-order valence-electron chi connectivity index (χ3n) is 4.15. The average Bonchev–Trinajstić information content (AvgIpc) is 2.35. The normalized spacial score (nSPS) is 26.5. The van der Waals surface area contributed by atoms with E-state index in [0.29, 0.717) is 0 Å². The summed E-state index contributed by atoms with van der Waals surface area (Å²) in [6.45, 7) is 11.6. The Labute approximate surface area is 131 Å². The van der Waals surface area contributed by atoms with Crippen LogP contribution in [0.25, 0.3) is 0 Å². The van der Waals surface area contributed by atoms with Crippen molar-refractivity contribution >= 4 is 15.9 Å². The number of aryl methyl sites for hydroxylation is 1. The molecule has 1 unspecified atom stereocenters. The van der Waals surface area contributed by atoms with Crippen molar-refractivity contribution in [2.45, 2.75) is 33.6 Å². The Balaban J connectivity index is 1.71. The molecule has 0 amide bonds. The number of halogens is 1. The second-order valence-corrected chi connectivity index (χ2v) is 7.38. The lowest BCUT2D eigenvalue weighted by molar-refractivity contribution is -0.912. The maximum atomic E-state index is 5.90. The Morgan fingerprint density at radius 1 is 1.25 bits per heavy atom. The highest BCUT2D eigenvalue weighted by Gasteiger charge is 2.24. The minimum absolute atomic E-state index is 0.828. The predicted octanol–water partition coefficient (Wildman–Crippen LogP) is 3.09. The number of nitrogens with one attached hydrogen (secondary N) is 1. The van der Waals surface area contributed by atoms with Gasteiger partial charge >= 0.3 is 0 Å². The molecule has 0 radical (unpaired) electrons. The highest BCUT2D eigenvalue weighted by molar-refractivity contribution is 9.10. The Bertz CT molecular complexity index is 425. The summed E-state index contributed by atoms with van der Waals surface area (Å²) in [5, 5.41) is 0. The Hall–Kier alpha value is -0.540. The van der Waals surface area contributed by atoms with Gasteiger partial charge in [0, 0.05) is 22.7 Å². The fraction of sp³-hybridized carbons (Fsp3) is 0.647. The first-order valence-electron chi connectivity index (χ1n) is 7.77. The highest BCUT2D eigenvalue weighted by Crippen LogP contribution is 2.22. The largest absolute Gasteiger partial charge is 0.493 e. The van der Waals surface area contributed by atoms with Crippen LogP contribution in [0.2, 0.25) is 0 Å². The van der Waals surface area contributed by atoms with E-state index in [9.17, 15) is 0 Å². The van der Waals surface area contributed by atoms with E-state index < -0.39 is 0 Å². The molecule has 1 aliphatic heterocycles. The van der Waals surface area contributed by atoms with Crippen LogP contribution in [0.4, 0.5) is 0 Å². The van der Waals surface area contributed by atoms with Gasteiger partial charge in [0.25, 0.3) is 0 Å². The van der Waals surface area contributed by atoms with Crippen molar-refractivity contribution in [3.05, 3.63) is 28.2 Å². The molecule has 3 atom stereocenters. The molecular weight excluding hydrogens is 314 g/mol. The maximum absolute atomic E-state index is 5.90. The van der Waals surface area contributed by atoms with Crippen LogP contribution in [0.3, 0.4) is 0 Å². The van der Waals surface area contributed by atoms with Crippen LogP contribution in [-0.4, -0.2) is 26.2 Å². The van der Waals surface area contributed by atoms with Crippen molar-refractivity contribution in [2.75, 3.05) is 26.2 Å². The van der Waals surface area contributed by atoms with Crippen LogP contribution in [0.15, 0.2) is 22.7 Å². The summed E-state index contributed by atoms with van der Waals surface area (Å²) < 4.78 is 7.02. The predicted molar refractivity (Wildman–Crippen MR) is 87.5 cm³/mol. The van der Waals surface area contributed by atoms with Gasteiger partial charge in [-0.05, 0) is 37.1 Å². The fourth-order valence-electron chi connectivity index (χ4n) is 3.41. The second-order valence-electron chi connectivity index (χ2n) is 6.47. The van der Waals surface area contributed by atoms with E-state index in [4.69, 9.17) is 4.74 Å². The van der Waals surface area contributed by atoms with Crippen molar-refractivity contribution in [2.24, 2.45) is 11.8 Å². The van der Waals surface area contributed by atoms with E-state index in [1.807, 2.05) is 6.07 Å². The molecular formula is C17H27BrNO+. The molecule has 1 aromatic carbocycles. The number of likely N-dealkylation sites (tertiary alicyclic amines) is 1. The lowest BCUT2D eigenvalue weighted by Crippen LogP contribution is -3.14. The number of ether oxygens (including phenoxy) is 1. The SMILES string of the molecule is Cc1cc(Br)ccc1OCCC[NH+]1C[C@H](C)C[C@H](C)C1. The van der Waals surface area contributed by atoms with Gasteiger partial charge in [0.05, 0.1) is 26.2 Å². The summed E-state index contributed by atoms with van der Waals surface area (Å²) in [6, 6.07) is 6.20. The molecule has 2 nitrogen and oxygen atoms in total. The third-order valence-corrected chi connectivity index (χ3v) is 4.64. The molecule has 0 aromatic heterocycles. The Kier molecular flexibility index (Phi) is 5.91. The van der Waals surface area contributed by atoms with Gasteiger partial charge in [-0.1, -0.05) is 29.8 Å². The quantitative estimate of drug-likeness (QED) is 0.813. The molecule has 0 spiro atoms. The Morgan fingerprint density at radius 3 is 2.60 bits per heavy atom. The molecule has 0 bridgehead atoms. The number of piperidine rings is 1. The summed E-state index contributed by atoms with van der Waals surface area (Å²) in [5.41, 5.74) is 1.20. The molecule has 20 heavy (non-hydrogen) atoms. The average molecular weight is 341 g/mol. The van der Waals surface area contributed by atoms with Crippen molar-refractivity contribution < 1.29 is 9.64 Å². The van der Waals surface area contributed by atoms with E-state index in [1.165, 1.54) is 31.6 Å².